The molecule has 0 spiro atoms. The number of hydrogen-bond donors (Lipinski definition) is 0. The lowest BCUT2D eigenvalue weighted by atomic mass is 10.0. The Morgan fingerprint density at radius 2 is 1.92 bits per heavy atom. The van der Waals surface area contributed by atoms with Crippen LogP contribution in [0.2, 0.25) is 0 Å². The van der Waals surface area contributed by atoms with Crippen molar-refractivity contribution < 1.29 is 0 Å². The zero-order chi connectivity index (χ0) is 9.10. The van der Waals surface area contributed by atoms with Gasteiger partial charge in [0.2, 0.25) is 0 Å². The van der Waals surface area contributed by atoms with Crippen LogP contribution in [0.5, 0.6) is 0 Å². The van der Waals surface area contributed by atoms with Crippen LogP contribution >= 0.6 is 0 Å². The van der Waals surface area contributed by atoms with Crippen LogP contribution in [0.4, 0.5) is 5.69 Å². The first-order valence-electron chi connectivity index (χ1n) is 5.19. The molecule has 2 rings (SSSR count). The lowest BCUT2D eigenvalue weighted by Gasteiger charge is -2.35. The smallest absolute Gasteiger partial charge is 0.0368 e. The fraction of sp³-hybridized carbons (Fsp3) is 0.500. The van der Waals surface area contributed by atoms with Crippen LogP contribution in [0, 0.1) is 0 Å². The summed E-state index contributed by atoms with van der Waals surface area (Å²) < 4.78 is 0. The minimum absolute atomic E-state index is 0.719. The zero-order valence-electron chi connectivity index (χ0n) is 8.24. The molecule has 0 aromatic heterocycles. The van der Waals surface area contributed by atoms with Crippen molar-refractivity contribution in [3.05, 3.63) is 30.3 Å². The molecule has 1 nitrogen and oxygen atoms in total. The predicted octanol–water partition coefficient (Wildman–Crippen LogP) is 3.07. The second-order valence-corrected chi connectivity index (χ2v) is 3.87. The molecule has 1 aromatic carbocycles. The highest BCUT2D eigenvalue weighted by Gasteiger charge is 2.17. The van der Waals surface area contributed by atoms with Gasteiger partial charge in [-0.1, -0.05) is 18.2 Å². The molecule has 0 N–H and O–H groups in total. The average molecular weight is 175 g/mol. The van der Waals surface area contributed by atoms with Gasteiger partial charge in [0, 0.05) is 18.3 Å². The predicted molar refractivity (Wildman–Crippen MR) is 57.1 cm³/mol. The number of nitrogens with zero attached hydrogens (tertiary/aromatic N) is 1. The highest BCUT2D eigenvalue weighted by atomic mass is 15.2. The van der Waals surface area contributed by atoms with E-state index < -0.39 is 0 Å². The maximum Gasteiger partial charge on any atom is 0.0368 e. The average Bonchev–Trinajstić information content (AvgIpc) is 2.20. The molecule has 1 aliphatic rings. The first kappa shape index (κ1) is 8.61. The standard InChI is InChI=1S/C12H17N/c1-11-7-5-6-10-13(11)12-8-3-2-4-9-12/h2-4,8-9,11H,5-7,10H2,1H3/t11-/m1/s1. The van der Waals surface area contributed by atoms with E-state index in [1.165, 1.54) is 31.5 Å². The normalized spacial score (nSPS) is 23.2. The number of benzene rings is 1. The molecule has 0 bridgehead atoms. The Balaban J connectivity index is 2.15. The monoisotopic (exact) mass is 175 g/mol. The minimum Gasteiger partial charge on any atom is -0.369 e. The van der Waals surface area contributed by atoms with Crippen molar-refractivity contribution in [3.8, 4) is 0 Å². The van der Waals surface area contributed by atoms with E-state index in [-0.39, 0.29) is 0 Å². The second-order valence-electron chi connectivity index (χ2n) is 3.87. The summed E-state index contributed by atoms with van der Waals surface area (Å²) in [5.74, 6) is 0. The molecule has 0 amide bonds. The molecule has 0 saturated carbocycles. The number of anilines is 1. The summed E-state index contributed by atoms with van der Waals surface area (Å²) >= 11 is 0. The van der Waals surface area contributed by atoms with E-state index >= 15 is 0 Å². The first-order chi connectivity index (χ1) is 6.38. The highest BCUT2D eigenvalue weighted by Crippen LogP contribution is 2.23. The fourth-order valence-corrected chi connectivity index (χ4v) is 2.10. The molecule has 0 unspecified atom stereocenters. The van der Waals surface area contributed by atoms with Gasteiger partial charge in [0.25, 0.3) is 0 Å². The van der Waals surface area contributed by atoms with Gasteiger partial charge in [-0.15, -0.1) is 0 Å². The molecule has 1 aliphatic heterocycles. The SMILES string of the molecule is C[C@@H]1CCCCN1c1ccccc1. The summed E-state index contributed by atoms with van der Waals surface area (Å²) in [7, 11) is 0. The molecule has 1 saturated heterocycles. The van der Waals surface area contributed by atoms with Gasteiger partial charge in [0.15, 0.2) is 0 Å². The Kier molecular flexibility index (Phi) is 2.53. The molecule has 1 aromatic rings. The number of hydrogen-bond acceptors (Lipinski definition) is 1. The summed E-state index contributed by atoms with van der Waals surface area (Å²) in [5, 5.41) is 0. The van der Waals surface area contributed by atoms with Crippen LogP contribution in [0.3, 0.4) is 0 Å². The largest absolute Gasteiger partial charge is 0.369 e. The van der Waals surface area contributed by atoms with E-state index in [1.807, 2.05) is 0 Å². The van der Waals surface area contributed by atoms with Crippen molar-refractivity contribution >= 4 is 5.69 Å². The summed E-state index contributed by atoms with van der Waals surface area (Å²) in [4.78, 5) is 2.52. The quantitative estimate of drug-likeness (QED) is 0.634. The van der Waals surface area contributed by atoms with Gasteiger partial charge in [0.1, 0.15) is 0 Å². The van der Waals surface area contributed by atoms with Crippen LogP contribution in [-0.4, -0.2) is 12.6 Å². The molecule has 70 valence electrons. The van der Waals surface area contributed by atoms with E-state index in [0.29, 0.717) is 0 Å². The van der Waals surface area contributed by atoms with Crippen LogP contribution in [0.25, 0.3) is 0 Å². The van der Waals surface area contributed by atoms with Crippen molar-refractivity contribution in [1.29, 1.82) is 0 Å². The molecular formula is C12H17N. The van der Waals surface area contributed by atoms with Crippen molar-refractivity contribution in [1.82, 2.24) is 0 Å². The van der Waals surface area contributed by atoms with Crippen LogP contribution in [0.15, 0.2) is 30.3 Å². The molecule has 0 aliphatic carbocycles. The van der Waals surface area contributed by atoms with E-state index in [2.05, 4.69) is 42.2 Å². The van der Waals surface area contributed by atoms with Gasteiger partial charge in [-0.2, -0.15) is 0 Å². The van der Waals surface area contributed by atoms with E-state index in [0.717, 1.165) is 6.04 Å². The molecule has 1 fully saturated rings. The van der Waals surface area contributed by atoms with Gasteiger partial charge in [-0.3, -0.25) is 0 Å². The minimum atomic E-state index is 0.719. The van der Waals surface area contributed by atoms with Gasteiger partial charge in [-0.05, 0) is 38.3 Å². The fourth-order valence-electron chi connectivity index (χ4n) is 2.10. The Morgan fingerprint density at radius 3 is 2.62 bits per heavy atom. The number of para-hydroxylation sites is 1. The maximum atomic E-state index is 2.52. The first-order valence-corrected chi connectivity index (χ1v) is 5.19. The van der Waals surface area contributed by atoms with Crippen LogP contribution in [0.1, 0.15) is 26.2 Å². The second kappa shape index (κ2) is 3.82. The van der Waals surface area contributed by atoms with E-state index in [1.54, 1.807) is 0 Å². The lowest BCUT2D eigenvalue weighted by Crippen LogP contribution is -2.37. The number of rotatable bonds is 1. The third-order valence-corrected chi connectivity index (χ3v) is 2.89. The van der Waals surface area contributed by atoms with Gasteiger partial charge >= 0.3 is 0 Å². The van der Waals surface area contributed by atoms with Crippen molar-refractivity contribution in [2.45, 2.75) is 32.2 Å². The summed E-state index contributed by atoms with van der Waals surface area (Å²) in [6, 6.07) is 11.5. The lowest BCUT2D eigenvalue weighted by molar-refractivity contribution is 0.485. The Morgan fingerprint density at radius 1 is 1.15 bits per heavy atom. The van der Waals surface area contributed by atoms with Crippen LogP contribution in [-0.2, 0) is 0 Å². The van der Waals surface area contributed by atoms with Crippen molar-refractivity contribution in [2.24, 2.45) is 0 Å². The summed E-state index contributed by atoms with van der Waals surface area (Å²) in [6.07, 6.45) is 4.08. The van der Waals surface area contributed by atoms with Crippen molar-refractivity contribution in [2.75, 3.05) is 11.4 Å². The third kappa shape index (κ3) is 1.85. The van der Waals surface area contributed by atoms with E-state index in [4.69, 9.17) is 0 Å². The van der Waals surface area contributed by atoms with E-state index in [9.17, 15) is 0 Å². The Labute approximate surface area is 80.4 Å². The van der Waals surface area contributed by atoms with Gasteiger partial charge < -0.3 is 4.90 Å². The summed E-state index contributed by atoms with van der Waals surface area (Å²) in [5.41, 5.74) is 1.38. The van der Waals surface area contributed by atoms with Gasteiger partial charge in [-0.25, -0.2) is 0 Å². The topological polar surface area (TPSA) is 3.24 Å². The highest BCUT2D eigenvalue weighted by molar-refractivity contribution is 5.47. The zero-order valence-corrected chi connectivity index (χ0v) is 8.24. The molecule has 13 heavy (non-hydrogen) atoms. The van der Waals surface area contributed by atoms with Crippen molar-refractivity contribution in [3.63, 3.8) is 0 Å². The molecule has 1 heterocycles. The maximum absolute atomic E-state index is 2.52. The molecule has 1 heteroatoms. The summed E-state index contributed by atoms with van der Waals surface area (Å²) in [6.45, 7) is 3.55. The Bertz CT molecular complexity index is 255. The molecule has 1 atom stereocenters. The Hall–Kier alpha value is -0.980. The van der Waals surface area contributed by atoms with Gasteiger partial charge in [0.05, 0.1) is 0 Å². The number of piperidine rings is 1. The third-order valence-electron chi connectivity index (χ3n) is 2.89. The molecule has 0 radical (unpaired) electrons. The molecular weight excluding hydrogens is 158 g/mol. The van der Waals surface area contributed by atoms with Crippen LogP contribution < -0.4 is 4.90 Å².